The monoisotopic (exact) mass is 605 g/mol. The summed E-state index contributed by atoms with van der Waals surface area (Å²) in [6.07, 6.45) is -0.973. The maximum Gasteiger partial charge on any atom is 0.417 e. The minimum atomic E-state index is -4.93. The van der Waals surface area contributed by atoms with Crippen LogP contribution in [0.1, 0.15) is 29.8 Å². The van der Waals surface area contributed by atoms with Crippen LogP contribution in [0.3, 0.4) is 0 Å². The Morgan fingerprint density at radius 2 is 1.81 bits per heavy atom. The summed E-state index contributed by atoms with van der Waals surface area (Å²) in [5.41, 5.74) is -2.00. The molecule has 0 saturated carbocycles. The molecule has 0 aliphatic carbocycles. The summed E-state index contributed by atoms with van der Waals surface area (Å²) in [6, 6.07) is 3.27. The van der Waals surface area contributed by atoms with Crippen molar-refractivity contribution in [2.24, 2.45) is 0 Å². The maximum absolute atomic E-state index is 15.8. The van der Waals surface area contributed by atoms with Gasteiger partial charge in [0.2, 0.25) is 5.56 Å². The quantitative estimate of drug-likeness (QED) is 0.398. The highest BCUT2D eigenvalue weighted by atomic mass is 19.4. The zero-order valence-corrected chi connectivity index (χ0v) is 24.2. The predicted octanol–water partition coefficient (Wildman–Crippen LogP) is 3.51. The zero-order valence-electron chi connectivity index (χ0n) is 24.2. The Labute approximate surface area is 246 Å². The van der Waals surface area contributed by atoms with Crippen molar-refractivity contribution in [2.75, 3.05) is 63.2 Å². The maximum atomic E-state index is 15.8. The molecule has 2 aliphatic rings. The van der Waals surface area contributed by atoms with Crippen LogP contribution in [-0.2, 0) is 17.5 Å². The fraction of sp³-hybridized carbons (Fsp3) is 0.483. The lowest BCUT2D eigenvalue weighted by molar-refractivity contribution is -0.138. The number of nitrogens with one attached hydrogen (secondary N) is 2. The molecule has 2 aromatic heterocycles. The number of aromatic amines is 1. The van der Waals surface area contributed by atoms with Crippen LogP contribution < -0.4 is 15.8 Å². The van der Waals surface area contributed by atoms with Crippen molar-refractivity contribution >= 4 is 17.3 Å². The van der Waals surface area contributed by atoms with Crippen molar-refractivity contribution in [2.45, 2.75) is 38.7 Å². The largest absolute Gasteiger partial charge is 0.417 e. The van der Waals surface area contributed by atoms with Crippen molar-refractivity contribution in [1.29, 1.82) is 0 Å². The number of anilines is 2. The number of H-pyrrole nitrogens is 1. The Morgan fingerprint density at radius 3 is 2.49 bits per heavy atom. The fourth-order valence-corrected chi connectivity index (χ4v) is 5.52. The number of alkyl halides is 3. The molecule has 1 amide bonds. The van der Waals surface area contributed by atoms with Gasteiger partial charge in [-0.3, -0.25) is 24.1 Å². The number of halogens is 4. The molecule has 3 aromatic rings. The van der Waals surface area contributed by atoms with Crippen molar-refractivity contribution in [1.82, 2.24) is 24.6 Å². The summed E-state index contributed by atoms with van der Waals surface area (Å²) in [5.74, 6) is -1.64. The molecular weight excluding hydrogens is 570 g/mol. The van der Waals surface area contributed by atoms with E-state index in [0.29, 0.717) is 50.2 Å². The topological polar surface area (TPSA) is 98.7 Å². The van der Waals surface area contributed by atoms with Crippen LogP contribution in [0.15, 0.2) is 41.6 Å². The number of hydrogen-bond donors (Lipinski definition) is 2. The number of nitrogens with zero attached hydrogens (tertiary/aromatic N) is 5. The highest BCUT2D eigenvalue weighted by Gasteiger charge is 2.36. The molecule has 2 saturated heterocycles. The number of aromatic nitrogens is 3. The number of ether oxygens (including phenoxy) is 1. The molecule has 1 aromatic carbocycles. The molecule has 0 radical (unpaired) electrons. The first kappa shape index (κ1) is 30.7. The number of hydrogen-bond acceptors (Lipinski definition) is 7. The van der Waals surface area contributed by atoms with Crippen LogP contribution in [0.4, 0.5) is 28.9 Å². The van der Waals surface area contributed by atoms with Gasteiger partial charge in [-0.1, -0.05) is 0 Å². The van der Waals surface area contributed by atoms with Crippen molar-refractivity contribution in [3.63, 3.8) is 0 Å². The smallest absolute Gasteiger partial charge is 0.379 e. The first-order valence-corrected chi connectivity index (χ1v) is 14.2. The van der Waals surface area contributed by atoms with Crippen LogP contribution in [0, 0.1) is 5.82 Å². The van der Waals surface area contributed by atoms with E-state index in [1.807, 2.05) is 25.8 Å². The molecule has 232 valence electrons. The average molecular weight is 606 g/mol. The van der Waals surface area contributed by atoms with Crippen molar-refractivity contribution < 1.29 is 27.1 Å². The third-order valence-electron chi connectivity index (χ3n) is 8.20. The van der Waals surface area contributed by atoms with Gasteiger partial charge in [0, 0.05) is 74.4 Å². The molecule has 0 unspecified atom stereocenters. The van der Waals surface area contributed by atoms with Gasteiger partial charge >= 0.3 is 6.18 Å². The molecule has 5 rings (SSSR count). The van der Waals surface area contributed by atoms with E-state index >= 15 is 4.39 Å². The summed E-state index contributed by atoms with van der Waals surface area (Å²) < 4.78 is 64.0. The molecule has 4 heterocycles. The SMILES string of the molecule is C[C@@H]1CN(c2cc(F)c(-c3cnn(CCN4CCOCC4)c3)cc2NC(=O)c2c[nH]c(=O)cc2C(F)(F)F)C[C@H](C)N1C. The molecular formula is C29H35F4N7O3. The van der Waals surface area contributed by atoms with E-state index in [4.69, 9.17) is 4.74 Å². The third-order valence-corrected chi connectivity index (χ3v) is 8.20. The highest BCUT2D eigenvalue weighted by molar-refractivity contribution is 6.07. The summed E-state index contributed by atoms with van der Waals surface area (Å²) in [7, 11) is 1.99. The second kappa shape index (κ2) is 12.5. The van der Waals surface area contributed by atoms with Crippen LogP contribution in [-0.4, -0.2) is 95.5 Å². The molecule has 43 heavy (non-hydrogen) atoms. The molecule has 2 aliphatic heterocycles. The van der Waals surface area contributed by atoms with Crippen LogP contribution in [0.5, 0.6) is 0 Å². The molecule has 2 N–H and O–H groups in total. The zero-order chi connectivity index (χ0) is 30.9. The van der Waals surface area contributed by atoms with Gasteiger partial charge in [0.05, 0.1) is 48.5 Å². The van der Waals surface area contributed by atoms with E-state index in [2.05, 4.69) is 25.2 Å². The van der Waals surface area contributed by atoms with E-state index in [-0.39, 0.29) is 23.3 Å². The second-order valence-corrected chi connectivity index (χ2v) is 11.1. The van der Waals surface area contributed by atoms with Gasteiger partial charge in [0.25, 0.3) is 5.91 Å². The number of benzene rings is 1. The minimum Gasteiger partial charge on any atom is -0.379 e. The number of carbonyl (C=O) groups is 1. The molecule has 10 nitrogen and oxygen atoms in total. The molecule has 0 spiro atoms. The van der Waals surface area contributed by atoms with E-state index in [1.165, 1.54) is 18.3 Å². The van der Waals surface area contributed by atoms with E-state index in [0.717, 1.165) is 25.8 Å². The normalized spacial score (nSPS) is 20.4. The number of morpholine rings is 1. The lowest BCUT2D eigenvalue weighted by atomic mass is 10.0. The fourth-order valence-electron chi connectivity index (χ4n) is 5.52. The second-order valence-electron chi connectivity index (χ2n) is 11.1. The molecule has 14 heteroatoms. The van der Waals surface area contributed by atoms with Crippen LogP contribution >= 0.6 is 0 Å². The Morgan fingerprint density at radius 1 is 1.12 bits per heavy atom. The number of amides is 1. The van der Waals surface area contributed by atoms with Crippen molar-refractivity contribution in [3.8, 4) is 11.1 Å². The Hall–Kier alpha value is -3.75. The lowest BCUT2D eigenvalue weighted by Gasteiger charge is -2.44. The van der Waals surface area contributed by atoms with Gasteiger partial charge in [-0.15, -0.1) is 0 Å². The minimum absolute atomic E-state index is 0.0933. The highest BCUT2D eigenvalue weighted by Crippen LogP contribution is 2.37. The summed E-state index contributed by atoms with van der Waals surface area (Å²) in [6.45, 7) is 9.36. The number of carbonyl (C=O) groups excluding carboxylic acids is 1. The van der Waals surface area contributed by atoms with Crippen molar-refractivity contribution in [3.05, 3.63) is 64.1 Å². The van der Waals surface area contributed by atoms with Gasteiger partial charge in [-0.2, -0.15) is 18.3 Å². The number of rotatable bonds is 7. The first-order chi connectivity index (χ1) is 20.4. The van der Waals surface area contributed by atoms with E-state index in [1.54, 1.807) is 10.9 Å². The number of piperazine rings is 1. The average Bonchev–Trinajstić information content (AvgIpc) is 3.44. The van der Waals surface area contributed by atoms with Gasteiger partial charge in [-0.05, 0) is 33.0 Å². The van der Waals surface area contributed by atoms with Gasteiger partial charge in [0.15, 0.2) is 0 Å². The molecule has 0 bridgehead atoms. The lowest BCUT2D eigenvalue weighted by Crippen LogP contribution is -2.55. The van der Waals surface area contributed by atoms with Crippen LogP contribution in [0.25, 0.3) is 11.1 Å². The van der Waals surface area contributed by atoms with E-state index in [9.17, 15) is 22.8 Å². The summed E-state index contributed by atoms with van der Waals surface area (Å²) >= 11 is 0. The molecule has 2 fully saturated rings. The van der Waals surface area contributed by atoms with Gasteiger partial charge in [-0.25, -0.2) is 4.39 Å². The Balaban J connectivity index is 1.49. The predicted molar refractivity (Wildman–Crippen MR) is 154 cm³/mol. The Kier molecular flexibility index (Phi) is 8.90. The number of pyridine rings is 1. The van der Waals surface area contributed by atoms with Gasteiger partial charge < -0.3 is 19.9 Å². The number of likely N-dealkylation sites (N-methyl/N-ethyl adjacent to an activating group) is 1. The van der Waals surface area contributed by atoms with Gasteiger partial charge in [0.1, 0.15) is 5.82 Å². The van der Waals surface area contributed by atoms with Crippen LogP contribution in [0.2, 0.25) is 0 Å². The third kappa shape index (κ3) is 6.92. The van der Waals surface area contributed by atoms with E-state index < -0.39 is 34.6 Å². The summed E-state index contributed by atoms with van der Waals surface area (Å²) in [5, 5.41) is 6.95. The first-order valence-electron chi connectivity index (χ1n) is 14.2. The Bertz CT molecular complexity index is 1500. The summed E-state index contributed by atoms with van der Waals surface area (Å²) in [4.78, 5) is 33.4. The standard InChI is InChI=1S/C29H35F4N7O3/c1-18-15-39(16-19(2)37(18)3)26-12-24(30)21(20-13-35-40(17-20)5-4-38-6-8-43-9-7-38)10-25(26)36-28(42)22-14-34-27(41)11-23(22)29(31,32)33/h10-14,17-19H,4-9,15-16H2,1-3H3,(H,34,41)(H,36,42)/t18-,19+. The molecule has 2 atom stereocenters.